The van der Waals surface area contributed by atoms with Crippen molar-refractivity contribution in [2.75, 3.05) is 30.5 Å². The second-order valence-corrected chi connectivity index (χ2v) is 22.0. The van der Waals surface area contributed by atoms with Gasteiger partial charge in [0.25, 0.3) is 30.4 Å². The monoisotopic (exact) mass is 1100 g/mol. The molecule has 8 N–H and O–H groups in total. The van der Waals surface area contributed by atoms with Crippen molar-refractivity contribution in [3.8, 4) is 5.75 Å². The number of phenolic OH excluding ortho intramolecular Hbond substituents is 1. The fourth-order valence-electron chi connectivity index (χ4n) is 4.75. The van der Waals surface area contributed by atoms with Crippen LogP contribution in [0, 0.1) is 0 Å². The van der Waals surface area contributed by atoms with E-state index in [4.69, 9.17) is 14.8 Å². The molecule has 0 aromatic heterocycles. The smallest absolute Gasteiger partial charge is 0.397 e. The number of azo groups is 2. The van der Waals surface area contributed by atoms with Crippen LogP contribution in [0.5, 0.6) is 5.75 Å². The second-order valence-electron chi connectivity index (χ2n) is 11.4. The predicted molar refractivity (Wildman–Crippen MR) is 229 cm³/mol. The Labute approximate surface area is 481 Å². The van der Waals surface area contributed by atoms with Gasteiger partial charge in [0.15, 0.2) is 25.4 Å². The summed E-state index contributed by atoms with van der Waals surface area (Å²) in [6.45, 7) is -2.08. The summed E-state index contributed by atoms with van der Waals surface area (Å²) in [6.07, 6.45) is 0. The van der Waals surface area contributed by atoms with E-state index in [-0.39, 0.29) is 153 Å². The number of fused-ring (bicyclic) bond motifs is 1. The maximum atomic E-state index is 12.6. The molecule has 0 aliphatic carbocycles. The van der Waals surface area contributed by atoms with Crippen molar-refractivity contribution < 1.29 is 95.2 Å². The molecule has 0 unspecified atom stereocenters. The van der Waals surface area contributed by atoms with Crippen LogP contribution in [0.2, 0.25) is 0 Å². The first kappa shape index (κ1) is 67.4. The fraction of sp³-hybridized carbons (Fsp3) is 0.154. The van der Waals surface area contributed by atoms with Crippen molar-refractivity contribution >= 4 is 258 Å². The molecule has 0 saturated carbocycles. The molecule has 0 saturated heterocycles. The molecule has 0 atom stereocenters. The molecule has 4 aromatic carbocycles. The van der Waals surface area contributed by atoms with Gasteiger partial charge in [-0.25, -0.2) is 25.2 Å². The Bertz CT molecular complexity index is 3290. The van der Waals surface area contributed by atoms with Gasteiger partial charge in [0.1, 0.15) is 31.7 Å². The van der Waals surface area contributed by atoms with E-state index in [2.05, 4.69) is 28.8 Å². The van der Waals surface area contributed by atoms with E-state index < -0.39 is 159 Å². The summed E-state index contributed by atoms with van der Waals surface area (Å²) < 4.78 is 222. The molecular formula is C26H25N5Na5O22S7. The molecule has 27 nitrogen and oxygen atoms in total. The van der Waals surface area contributed by atoms with E-state index in [0.29, 0.717) is 30.3 Å². The van der Waals surface area contributed by atoms with Crippen LogP contribution in [0.25, 0.3) is 10.8 Å². The minimum atomic E-state index is -5.49. The van der Waals surface area contributed by atoms with E-state index >= 15 is 0 Å². The van der Waals surface area contributed by atoms with Crippen LogP contribution < -0.4 is 5.73 Å². The molecule has 0 aliphatic rings. The van der Waals surface area contributed by atoms with E-state index in [0.717, 1.165) is 24.3 Å². The second kappa shape index (κ2) is 25.6. The van der Waals surface area contributed by atoms with Gasteiger partial charge in [0.2, 0.25) is 0 Å². The summed E-state index contributed by atoms with van der Waals surface area (Å²) in [6, 6.07) is 6.50. The van der Waals surface area contributed by atoms with Crippen LogP contribution in [-0.4, -0.2) is 259 Å². The zero-order valence-electron chi connectivity index (χ0n) is 34.0. The summed E-state index contributed by atoms with van der Waals surface area (Å²) in [4.78, 5) is -5.11. The molecule has 0 aliphatic heterocycles. The number of benzene rings is 4. The minimum absolute atomic E-state index is 0. The number of anilines is 1. The largest absolute Gasteiger partial charge is 0.505 e. The molecule has 0 heterocycles. The van der Waals surface area contributed by atoms with Gasteiger partial charge in [0.05, 0.1) is 51.3 Å². The van der Waals surface area contributed by atoms with Gasteiger partial charge in [-0.3, -0.25) is 22.8 Å². The van der Waals surface area contributed by atoms with Crippen LogP contribution in [0.15, 0.2) is 99.5 Å². The van der Waals surface area contributed by atoms with E-state index in [1.54, 1.807) is 0 Å². The molecule has 333 valence electrons. The quantitative estimate of drug-likeness (QED) is 0.0316. The van der Waals surface area contributed by atoms with Crippen LogP contribution in [0.3, 0.4) is 0 Å². The molecule has 5 radical (unpaired) electrons. The molecule has 0 spiro atoms. The number of nitrogen functional groups attached to an aromatic ring is 1. The summed E-state index contributed by atoms with van der Waals surface area (Å²) in [5.74, 6) is -3.39. The number of rotatable bonds is 17. The standard InChI is InChI=1S/C26H25N5O22S7.5Na/c27-23-22-14(11-20(57(40,41)42)24(23)30-28-15-1-3-16(4-2-15)54(33,34)9-7-52-59(46,47)48)12-21(58(43,44)45)25(26(22)32)31-29-18-6-5-17(13-19(18)56(37,38)39)55(35,36)10-8-53-60(49,50)51;;;;;/h1-6,11-13,32H,7-10,27H2,(H,37,38,39)(H,40,41,42)(H,43,44,45)(H,46,47,48)(H,49,50,51);;;;;. The van der Waals surface area contributed by atoms with Gasteiger partial charge in [0, 0.05) is 148 Å². The van der Waals surface area contributed by atoms with Crippen LogP contribution in [-0.2, 0) is 79.2 Å². The predicted octanol–water partition coefficient (Wildman–Crippen LogP) is -0.0193. The van der Waals surface area contributed by atoms with Gasteiger partial charge in [-0.15, -0.1) is 15.3 Å². The van der Waals surface area contributed by atoms with E-state index in [9.17, 15) is 77.7 Å². The molecule has 4 rings (SSSR count). The molecule has 0 amide bonds. The van der Waals surface area contributed by atoms with Gasteiger partial charge in [-0.2, -0.15) is 47.2 Å². The Morgan fingerprint density at radius 2 is 0.892 bits per heavy atom. The average molecular weight is 1100 g/mol. The Balaban J connectivity index is 0. The zero-order chi connectivity index (χ0) is 45.4. The van der Waals surface area contributed by atoms with Crippen molar-refractivity contribution in [3.05, 3.63) is 54.6 Å². The minimum Gasteiger partial charge on any atom is -0.505 e. The SMILES string of the molecule is Nc1c(N=Nc2ccc(S(=O)(=O)CCOS(=O)(=O)O)cc2)c(S(=O)(=O)O)cc2cc(S(=O)(=O)O)c(N=Nc3ccc(S(=O)(=O)CCOS(=O)(=O)O)cc3S(=O)(=O)O)c(O)c12.[Na].[Na].[Na].[Na].[Na]. The number of phenols is 1. The number of aromatic hydroxyl groups is 1. The van der Waals surface area contributed by atoms with E-state index in [1.807, 2.05) is 0 Å². The molecular weight excluding hydrogens is 1070 g/mol. The maximum absolute atomic E-state index is 12.6. The number of nitrogens with zero attached hydrogens (tertiary/aromatic N) is 4. The van der Waals surface area contributed by atoms with Gasteiger partial charge in [-0.1, -0.05) is 0 Å². The average Bonchev–Trinajstić information content (AvgIpc) is 3.08. The van der Waals surface area contributed by atoms with Crippen molar-refractivity contribution in [1.82, 2.24) is 0 Å². The third-order valence-electron chi connectivity index (χ3n) is 7.33. The van der Waals surface area contributed by atoms with Crippen LogP contribution in [0.4, 0.5) is 28.4 Å². The first-order chi connectivity index (χ1) is 27.2. The molecule has 0 fully saturated rings. The van der Waals surface area contributed by atoms with Crippen molar-refractivity contribution in [2.45, 2.75) is 24.5 Å². The summed E-state index contributed by atoms with van der Waals surface area (Å²) in [5.41, 5.74) is 1.90. The van der Waals surface area contributed by atoms with Gasteiger partial charge >= 0.3 is 20.8 Å². The maximum Gasteiger partial charge on any atom is 0.397 e. The Morgan fingerprint density at radius 3 is 1.32 bits per heavy atom. The topological polar surface area (TPSA) is 454 Å². The van der Waals surface area contributed by atoms with Gasteiger partial charge < -0.3 is 10.8 Å². The molecule has 4 aromatic rings. The normalized spacial score (nSPS) is 12.7. The first-order valence-corrected chi connectivity index (χ1v) is 25.4. The van der Waals surface area contributed by atoms with Crippen LogP contribution >= 0.6 is 0 Å². The fourth-order valence-corrected chi connectivity index (χ4v) is 9.80. The zero-order valence-corrected chi connectivity index (χ0v) is 49.7. The third kappa shape index (κ3) is 18.8. The van der Waals surface area contributed by atoms with Gasteiger partial charge in [-0.05, 0) is 60.0 Å². The van der Waals surface area contributed by atoms with E-state index in [1.165, 1.54) is 0 Å². The summed E-state index contributed by atoms with van der Waals surface area (Å²) in [5, 5.41) is 24.2. The van der Waals surface area contributed by atoms with Crippen molar-refractivity contribution in [3.63, 3.8) is 0 Å². The Hall–Kier alpha value is 0.310. The number of hydrogen-bond acceptors (Lipinski definition) is 22. The molecule has 39 heteroatoms. The molecule has 0 bridgehead atoms. The Morgan fingerprint density at radius 1 is 0.492 bits per heavy atom. The van der Waals surface area contributed by atoms with Crippen molar-refractivity contribution in [1.29, 1.82) is 0 Å². The first-order valence-electron chi connectivity index (χ1n) is 15.0. The number of sulfone groups is 2. The number of hydrogen-bond donors (Lipinski definition) is 7. The molecule has 65 heavy (non-hydrogen) atoms. The summed E-state index contributed by atoms with van der Waals surface area (Å²) >= 11 is 0. The van der Waals surface area contributed by atoms with Crippen LogP contribution in [0.1, 0.15) is 0 Å². The number of nitrogens with two attached hydrogens (primary N) is 1. The Kier molecular flexibility index (Phi) is 26.6. The summed E-state index contributed by atoms with van der Waals surface area (Å²) in [7, 11) is -35.1. The third-order valence-corrected chi connectivity index (χ3v) is 14.2. The van der Waals surface area contributed by atoms with Crippen molar-refractivity contribution in [2.24, 2.45) is 20.5 Å².